The predicted molar refractivity (Wildman–Crippen MR) is 129 cm³/mol. The van der Waals surface area contributed by atoms with Crippen LogP contribution in [0.2, 0.25) is 10.0 Å². The van der Waals surface area contributed by atoms with Gasteiger partial charge in [-0.05, 0) is 32.9 Å². The fourth-order valence-corrected chi connectivity index (χ4v) is 4.46. The number of amides is 1. The summed E-state index contributed by atoms with van der Waals surface area (Å²) < 4.78 is 21.7. The van der Waals surface area contributed by atoms with Crippen molar-refractivity contribution in [1.82, 2.24) is 24.6 Å². The van der Waals surface area contributed by atoms with Gasteiger partial charge in [0.05, 0.1) is 28.0 Å². The van der Waals surface area contributed by atoms with Crippen molar-refractivity contribution < 1.29 is 13.9 Å². The zero-order chi connectivity index (χ0) is 24.4. The summed E-state index contributed by atoms with van der Waals surface area (Å²) >= 11 is 12.5. The molecule has 3 aromatic rings. The van der Waals surface area contributed by atoms with Crippen LogP contribution in [0.4, 0.5) is 10.1 Å². The van der Waals surface area contributed by atoms with Crippen molar-refractivity contribution in [3.63, 3.8) is 0 Å². The molecule has 1 saturated heterocycles. The van der Waals surface area contributed by atoms with E-state index in [1.165, 1.54) is 6.07 Å². The predicted octanol–water partition coefficient (Wildman–Crippen LogP) is 4.23. The van der Waals surface area contributed by atoms with Gasteiger partial charge >= 0.3 is 0 Å². The highest BCUT2D eigenvalue weighted by molar-refractivity contribution is 6.33. The molecule has 0 N–H and O–H groups in total. The number of anilines is 1. The van der Waals surface area contributed by atoms with Crippen LogP contribution in [0.5, 0.6) is 5.75 Å². The van der Waals surface area contributed by atoms with Crippen LogP contribution in [0.1, 0.15) is 19.5 Å². The van der Waals surface area contributed by atoms with Crippen molar-refractivity contribution in [1.29, 1.82) is 0 Å². The first kappa shape index (κ1) is 24.2. The fraction of sp³-hybridized carbons (Fsp3) is 0.391. The Hall–Kier alpha value is -2.91. The fourth-order valence-electron chi connectivity index (χ4n) is 4.04. The highest BCUT2D eigenvalue weighted by Gasteiger charge is 2.30. The summed E-state index contributed by atoms with van der Waals surface area (Å²) in [7, 11) is 0. The smallest absolute Gasteiger partial charge is 0.244 e. The summed E-state index contributed by atoms with van der Waals surface area (Å²) in [5.41, 5.74) is 1.51. The van der Waals surface area contributed by atoms with Crippen molar-refractivity contribution in [3.8, 4) is 17.3 Å². The molecule has 34 heavy (non-hydrogen) atoms. The highest BCUT2D eigenvalue weighted by Crippen LogP contribution is 2.34. The minimum Gasteiger partial charge on any atom is -0.492 e. The van der Waals surface area contributed by atoms with Crippen LogP contribution in [0.25, 0.3) is 11.5 Å². The van der Waals surface area contributed by atoms with E-state index in [4.69, 9.17) is 27.9 Å². The van der Waals surface area contributed by atoms with Crippen molar-refractivity contribution in [3.05, 3.63) is 52.1 Å². The zero-order valence-corrected chi connectivity index (χ0v) is 20.6. The van der Waals surface area contributed by atoms with Crippen LogP contribution in [0.3, 0.4) is 0 Å². The van der Waals surface area contributed by atoms with Crippen molar-refractivity contribution in [2.75, 3.05) is 31.1 Å². The molecule has 180 valence electrons. The summed E-state index contributed by atoms with van der Waals surface area (Å²) in [5.74, 6) is 0.329. The number of halogens is 3. The van der Waals surface area contributed by atoms with Gasteiger partial charge in [-0.25, -0.2) is 14.4 Å². The Kier molecular flexibility index (Phi) is 7.23. The van der Waals surface area contributed by atoms with Gasteiger partial charge in [0.1, 0.15) is 23.8 Å². The number of aromatic nitrogens is 4. The van der Waals surface area contributed by atoms with E-state index in [0.717, 1.165) is 0 Å². The molecule has 1 aromatic carbocycles. The van der Waals surface area contributed by atoms with E-state index in [1.807, 2.05) is 18.7 Å². The number of carbonyl (C=O) groups is 1. The van der Waals surface area contributed by atoms with E-state index in [9.17, 15) is 9.18 Å². The van der Waals surface area contributed by atoms with Gasteiger partial charge in [-0.3, -0.25) is 9.48 Å². The third-order valence-electron chi connectivity index (χ3n) is 5.79. The monoisotopic (exact) mass is 506 g/mol. The number of rotatable bonds is 6. The average molecular weight is 507 g/mol. The molecule has 0 spiro atoms. The van der Waals surface area contributed by atoms with E-state index in [-0.39, 0.29) is 23.5 Å². The molecule has 1 atom stereocenters. The van der Waals surface area contributed by atoms with Gasteiger partial charge < -0.3 is 14.5 Å². The second kappa shape index (κ2) is 10.1. The third kappa shape index (κ3) is 4.81. The topological polar surface area (TPSA) is 76.4 Å². The molecule has 1 aliphatic heterocycles. The normalized spacial score (nSPS) is 16.1. The van der Waals surface area contributed by atoms with Gasteiger partial charge in [0, 0.05) is 44.1 Å². The molecule has 1 amide bonds. The molecule has 0 saturated carbocycles. The van der Waals surface area contributed by atoms with Crippen molar-refractivity contribution >= 4 is 34.8 Å². The Morgan fingerprint density at radius 1 is 1.24 bits per heavy atom. The van der Waals surface area contributed by atoms with E-state index in [1.54, 1.807) is 41.0 Å². The number of ether oxygens (including phenoxy) is 1. The van der Waals surface area contributed by atoms with Crippen LogP contribution in [-0.2, 0) is 11.3 Å². The first-order valence-corrected chi connectivity index (χ1v) is 11.7. The molecule has 11 heteroatoms. The number of hydrogen-bond acceptors (Lipinski definition) is 6. The lowest BCUT2D eigenvalue weighted by Gasteiger charge is -2.41. The molecule has 1 aliphatic rings. The Labute approximate surface area is 207 Å². The number of nitrogens with zero attached hydrogens (tertiary/aromatic N) is 6. The van der Waals surface area contributed by atoms with Crippen LogP contribution in [-0.4, -0.2) is 62.8 Å². The van der Waals surface area contributed by atoms with Gasteiger partial charge in [0.2, 0.25) is 5.91 Å². The summed E-state index contributed by atoms with van der Waals surface area (Å²) in [4.78, 5) is 25.2. The third-order valence-corrected chi connectivity index (χ3v) is 6.53. The summed E-state index contributed by atoms with van der Waals surface area (Å²) in [6.07, 6.45) is 3.22. The first-order valence-electron chi connectivity index (χ1n) is 11.0. The number of carbonyl (C=O) groups excluding carboxylic acids is 1. The van der Waals surface area contributed by atoms with E-state index in [0.29, 0.717) is 59.9 Å². The standard InChI is InChI=1S/C23H25Cl2FN6O2/c1-4-34-19-11-18(17(26)10-16(19)24)30-8-9-31(14(2)12-30)20(33)13-32-15(3)21(25)22(29-32)23-27-6-5-7-28-23/h5-7,10-11,14H,4,8-9,12-13H2,1-3H3/t14-/m0/s1. The molecule has 0 bridgehead atoms. The molecule has 0 unspecified atom stereocenters. The van der Waals surface area contributed by atoms with Crippen molar-refractivity contribution in [2.45, 2.75) is 33.4 Å². The molecule has 1 fully saturated rings. The minimum atomic E-state index is -0.419. The van der Waals surface area contributed by atoms with Crippen LogP contribution in [0, 0.1) is 12.7 Å². The first-order chi connectivity index (χ1) is 16.3. The summed E-state index contributed by atoms with van der Waals surface area (Å²) in [6, 6.07) is 4.45. The lowest BCUT2D eigenvalue weighted by atomic mass is 10.1. The SMILES string of the molecule is CCOc1cc(N2CCN(C(=O)Cn3nc(-c4ncccn4)c(Cl)c3C)[C@@H](C)C2)c(F)cc1Cl. The molecule has 0 aliphatic carbocycles. The van der Waals surface area contributed by atoms with Gasteiger partial charge in [0.15, 0.2) is 5.82 Å². The highest BCUT2D eigenvalue weighted by atomic mass is 35.5. The van der Waals surface area contributed by atoms with E-state index < -0.39 is 5.82 Å². The largest absolute Gasteiger partial charge is 0.492 e. The number of hydrogen-bond donors (Lipinski definition) is 0. The lowest BCUT2D eigenvalue weighted by Crippen LogP contribution is -2.55. The average Bonchev–Trinajstić information content (AvgIpc) is 3.09. The molecule has 2 aromatic heterocycles. The molecular weight excluding hydrogens is 482 g/mol. The van der Waals surface area contributed by atoms with Crippen LogP contribution in [0.15, 0.2) is 30.6 Å². The van der Waals surface area contributed by atoms with Crippen LogP contribution < -0.4 is 9.64 Å². The maximum absolute atomic E-state index is 14.7. The molecule has 0 radical (unpaired) electrons. The second-order valence-corrected chi connectivity index (χ2v) is 8.81. The Bertz CT molecular complexity index is 1190. The van der Waals surface area contributed by atoms with Crippen LogP contribution >= 0.6 is 23.2 Å². The maximum Gasteiger partial charge on any atom is 0.244 e. The molecular formula is C23H25Cl2FN6O2. The van der Waals surface area contributed by atoms with Gasteiger partial charge in [-0.2, -0.15) is 5.10 Å². The molecule has 8 nitrogen and oxygen atoms in total. The molecule has 3 heterocycles. The summed E-state index contributed by atoms with van der Waals surface area (Å²) in [5, 5.41) is 5.13. The maximum atomic E-state index is 14.7. The second-order valence-electron chi connectivity index (χ2n) is 8.03. The Morgan fingerprint density at radius 2 is 1.97 bits per heavy atom. The molecule has 4 rings (SSSR count). The minimum absolute atomic E-state index is 0.0342. The Morgan fingerprint density at radius 3 is 2.65 bits per heavy atom. The van der Waals surface area contributed by atoms with Gasteiger partial charge in [-0.1, -0.05) is 23.2 Å². The number of piperazine rings is 1. The van der Waals surface area contributed by atoms with Gasteiger partial charge in [-0.15, -0.1) is 0 Å². The van der Waals surface area contributed by atoms with Gasteiger partial charge in [0.25, 0.3) is 0 Å². The summed E-state index contributed by atoms with van der Waals surface area (Å²) in [6.45, 7) is 7.43. The number of benzene rings is 1. The Balaban J connectivity index is 1.47. The zero-order valence-electron chi connectivity index (χ0n) is 19.1. The van der Waals surface area contributed by atoms with E-state index >= 15 is 0 Å². The lowest BCUT2D eigenvalue weighted by molar-refractivity contribution is -0.134. The van der Waals surface area contributed by atoms with Crippen molar-refractivity contribution in [2.24, 2.45) is 0 Å². The quantitative estimate of drug-likeness (QED) is 0.497. The van der Waals surface area contributed by atoms with E-state index in [2.05, 4.69) is 15.1 Å².